The van der Waals surface area contributed by atoms with Crippen molar-refractivity contribution in [2.45, 2.75) is 6.18 Å². The number of benzene rings is 2. The van der Waals surface area contributed by atoms with Gasteiger partial charge in [-0.3, -0.25) is 4.79 Å². The number of hydrogen-bond donors (Lipinski definition) is 1. The minimum absolute atomic E-state index is 0.351. The first kappa shape index (κ1) is 22.5. The third-order valence-electron chi connectivity index (χ3n) is 3.90. The van der Waals surface area contributed by atoms with Crippen molar-refractivity contribution in [2.24, 2.45) is 0 Å². The number of esters is 1. The fraction of sp³-hybridized carbons (Fsp3) is 0.190. The smallest absolute Gasteiger partial charge is 0.418 e. The van der Waals surface area contributed by atoms with Crippen LogP contribution in [0.4, 0.5) is 24.5 Å². The predicted molar refractivity (Wildman–Crippen MR) is 105 cm³/mol. The molecule has 2 aromatic carbocycles. The average Bonchev–Trinajstić information content (AvgIpc) is 2.70. The molecule has 6 nitrogen and oxygen atoms in total. The molecule has 30 heavy (non-hydrogen) atoms. The standard InChI is InChI=1S/C21H18F3N3O3/c1-27(2)16-9-7-14(8-10-16)11-15(12-25)20(29)30-13-19(28)26-18-6-4-3-5-17(18)21(22,23)24/h3-11H,13H2,1-2H3,(H,26,28)/b15-11+. The number of carbonyl (C=O) groups is 2. The molecule has 2 aromatic rings. The summed E-state index contributed by atoms with van der Waals surface area (Å²) in [5.74, 6) is -2.03. The molecule has 0 saturated carbocycles. The van der Waals surface area contributed by atoms with Gasteiger partial charge in [-0.25, -0.2) is 4.79 Å². The van der Waals surface area contributed by atoms with Gasteiger partial charge in [-0.2, -0.15) is 18.4 Å². The summed E-state index contributed by atoms with van der Waals surface area (Å²) in [7, 11) is 3.72. The Labute approximate surface area is 171 Å². The number of amides is 1. The number of hydrogen-bond acceptors (Lipinski definition) is 5. The van der Waals surface area contributed by atoms with Crippen molar-refractivity contribution in [3.05, 3.63) is 65.2 Å². The quantitative estimate of drug-likeness (QED) is 0.439. The Kier molecular flexibility index (Phi) is 7.20. The summed E-state index contributed by atoms with van der Waals surface area (Å²) in [6.45, 7) is -0.844. The number of carbonyl (C=O) groups excluding carboxylic acids is 2. The Bertz CT molecular complexity index is 991. The summed E-state index contributed by atoms with van der Waals surface area (Å²) in [5, 5.41) is 11.2. The first-order valence-electron chi connectivity index (χ1n) is 8.64. The number of rotatable bonds is 6. The molecular weight excluding hydrogens is 399 g/mol. The Morgan fingerprint density at radius 2 is 1.77 bits per heavy atom. The van der Waals surface area contributed by atoms with Gasteiger partial charge in [-0.05, 0) is 35.9 Å². The Hall–Kier alpha value is -3.80. The highest BCUT2D eigenvalue weighted by Crippen LogP contribution is 2.34. The molecule has 1 N–H and O–H groups in total. The molecule has 0 spiro atoms. The van der Waals surface area contributed by atoms with Crippen LogP contribution in [-0.2, 0) is 20.5 Å². The number of nitriles is 1. The molecule has 0 heterocycles. The van der Waals surface area contributed by atoms with Crippen LogP contribution in [0.1, 0.15) is 11.1 Å². The topological polar surface area (TPSA) is 82.4 Å². The summed E-state index contributed by atoms with van der Waals surface area (Å²) >= 11 is 0. The fourth-order valence-electron chi connectivity index (χ4n) is 2.41. The van der Waals surface area contributed by atoms with Gasteiger partial charge in [-0.15, -0.1) is 0 Å². The van der Waals surface area contributed by atoms with Crippen LogP contribution >= 0.6 is 0 Å². The second kappa shape index (κ2) is 9.60. The van der Waals surface area contributed by atoms with E-state index >= 15 is 0 Å². The van der Waals surface area contributed by atoms with E-state index in [1.165, 1.54) is 18.2 Å². The molecule has 0 bridgehead atoms. The highest BCUT2D eigenvalue weighted by molar-refractivity contribution is 6.00. The van der Waals surface area contributed by atoms with Crippen LogP contribution in [0, 0.1) is 11.3 Å². The van der Waals surface area contributed by atoms with Crippen molar-refractivity contribution >= 4 is 29.3 Å². The van der Waals surface area contributed by atoms with Crippen LogP contribution < -0.4 is 10.2 Å². The lowest BCUT2D eigenvalue weighted by Gasteiger charge is -2.13. The lowest BCUT2D eigenvalue weighted by atomic mass is 10.1. The summed E-state index contributed by atoms with van der Waals surface area (Å²) in [6, 6.07) is 13.1. The number of para-hydroxylation sites is 1. The van der Waals surface area contributed by atoms with E-state index in [4.69, 9.17) is 4.74 Å². The number of halogens is 3. The number of ether oxygens (including phenoxy) is 1. The molecule has 156 valence electrons. The molecule has 0 radical (unpaired) electrons. The van der Waals surface area contributed by atoms with E-state index in [2.05, 4.69) is 5.32 Å². The summed E-state index contributed by atoms with van der Waals surface area (Å²) in [5.41, 5.74) is -0.343. The third kappa shape index (κ3) is 6.10. The van der Waals surface area contributed by atoms with Crippen LogP contribution in [0.25, 0.3) is 6.08 Å². The minimum Gasteiger partial charge on any atom is -0.451 e. The van der Waals surface area contributed by atoms with Crippen LogP contribution in [-0.4, -0.2) is 32.6 Å². The third-order valence-corrected chi connectivity index (χ3v) is 3.90. The van der Waals surface area contributed by atoms with Crippen LogP contribution in [0.5, 0.6) is 0 Å². The van der Waals surface area contributed by atoms with Crippen molar-refractivity contribution in [3.63, 3.8) is 0 Å². The van der Waals surface area contributed by atoms with E-state index in [0.29, 0.717) is 5.56 Å². The normalized spacial score (nSPS) is 11.4. The van der Waals surface area contributed by atoms with Crippen molar-refractivity contribution in [1.82, 2.24) is 0 Å². The molecule has 0 fully saturated rings. The molecule has 0 unspecified atom stereocenters. The van der Waals surface area contributed by atoms with Gasteiger partial charge in [-0.1, -0.05) is 24.3 Å². The second-order valence-corrected chi connectivity index (χ2v) is 6.32. The molecule has 0 aliphatic heterocycles. The first-order valence-corrected chi connectivity index (χ1v) is 8.64. The molecular formula is C21H18F3N3O3. The average molecular weight is 417 g/mol. The van der Waals surface area contributed by atoms with Crippen LogP contribution in [0.2, 0.25) is 0 Å². The summed E-state index contributed by atoms with van der Waals surface area (Å²) in [6.07, 6.45) is -3.36. The highest BCUT2D eigenvalue weighted by Gasteiger charge is 2.33. The largest absolute Gasteiger partial charge is 0.451 e. The Balaban J connectivity index is 2.02. The van der Waals surface area contributed by atoms with Crippen molar-refractivity contribution < 1.29 is 27.5 Å². The van der Waals surface area contributed by atoms with Crippen LogP contribution in [0.3, 0.4) is 0 Å². The maximum absolute atomic E-state index is 13.0. The number of nitrogens with one attached hydrogen (secondary N) is 1. The molecule has 0 aliphatic rings. The van der Waals surface area contributed by atoms with Crippen molar-refractivity contribution in [3.8, 4) is 6.07 Å². The predicted octanol–water partition coefficient (Wildman–Crippen LogP) is 3.86. The number of alkyl halides is 3. The number of nitrogens with zero attached hydrogens (tertiary/aromatic N) is 2. The summed E-state index contributed by atoms with van der Waals surface area (Å²) in [4.78, 5) is 25.8. The second-order valence-electron chi connectivity index (χ2n) is 6.32. The highest BCUT2D eigenvalue weighted by atomic mass is 19.4. The molecule has 1 amide bonds. The van der Waals surface area contributed by atoms with Gasteiger partial charge in [0, 0.05) is 19.8 Å². The van der Waals surface area contributed by atoms with E-state index in [9.17, 15) is 28.0 Å². The maximum atomic E-state index is 13.0. The van der Waals surface area contributed by atoms with Gasteiger partial charge in [0.05, 0.1) is 11.3 Å². The van der Waals surface area contributed by atoms with Gasteiger partial charge >= 0.3 is 12.1 Å². The van der Waals surface area contributed by atoms with Crippen molar-refractivity contribution in [1.29, 1.82) is 5.26 Å². The van der Waals surface area contributed by atoms with E-state index in [1.807, 2.05) is 19.0 Å². The van der Waals surface area contributed by atoms with Crippen molar-refractivity contribution in [2.75, 3.05) is 30.9 Å². The number of anilines is 2. The lowest BCUT2D eigenvalue weighted by Crippen LogP contribution is -2.23. The molecule has 0 aliphatic carbocycles. The maximum Gasteiger partial charge on any atom is 0.418 e. The minimum atomic E-state index is -4.65. The first-order chi connectivity index (χ1) is 14.1. The zero-order chi connectivity index (χ0) is 22.3. The zero-order valence-corrected chi connectivity index (χ0v) is 16.2. The summed E-state index contributed by atoms with van der Waals surface area (Å²) < 4.78 is 43.6. The molecule has 0 aromatic heterocycles. The fourth-order valence-corrected chi connectivity index (χ4v) is 2.41. The van der Waals surface area contributed by atoms with Gasteiger partial charge in [0.2, 0.25) is 0 Å². The Morgan fingerprint density at radius 1 is 1.13 bits per heavy atom. The van der Waals surface area contributed by atoms with Gasteiger partial charge in [0.1, 0.15) is 11.6 Å². The van der Waals surface area contributed by atoms with E-state index in [1.54, 1.807) is 30.3 Å². The molecule has 0 atom stereocenters. The van der Waals surface area contributed by atoms with Gasteiger partial charge in [0.15, 0.2) is 6.61 Å². The lowest BCUT2D eigenvalue weighted by molar-refractivity contribution is -0.143. The van der Waals surface area contributed by atoms with E-state index < -0.39 is 35.9 Å². The van der Waals surface area contributed by atoms with E-state index in [-0.39, 0.29) is 5.57 Å². The van der Waals surface area contributed by atoms with Gasteiger partial charge in [0.25, 0.3) is 5.91 Å². The molecule has 2 rings (SSSR count). The SMILES string of the molecule is CN(C)c1ccc(/C=C(\C#N)C(=O)OCC(=O)Nc2ccccc2C(F)(F)F)cc1. The molecule has 9 heteroatoms. The zero-order valence-electron chi connectivity index (χ0n) is 16.2. The van der Waals surface area contributed by atoms with Crippen LogP contribution in [0.15, 0.2) is 54.1 Å². The monoisotopic (exact) mass is 417 g/mol. The molecule has 0 saturated heterocycles. The van der Waals surface area contributed by atoms with E-state index in [0.717, 1.165) is 17.8 Å². The van der Waals surface area contributed by atoms with Gasteiger partial charge < -0.3 is 15.0 Å². The Morgan fingerprint density at radius 3 is 2.33 bits per heavy atom.